The van der Waals surface area contributed by atoms with Gasteiger partial charge in [-0.3, -0.25) is 77.3 Å². The molecule has 8 aliphatic rings. The first kappa shape index (κ1) is 89.5. The van der Waals surface area contributed by atoms with Crippen LogP contribution in [0.1, 0.15) is 107 Å². The maximum atomic E-state index is 12.2. The van der Waals surface area contributed by atoms with E-state index in [0.717, 1.165) is 59.8 Å². The first-order valence-electron chi connectivity index (χ1n) is 31.0. The van der Waals surface area contributed by atoms with Crippen molar-refractivity contribution in [3.8, 4) is 0 Å². The van der Waals surface area contributed by atoms with Crippen LogP contribution in [0, 0.1) is 5.92 Å². The lowest BCUT2D eigenvalue weighted by Crippen LogP contribution is -2.45. The van der Waals surface area contributed by atoms with Gasteiger partial charge in [0, 0.05) is 87.9 Å². The molecule has 0 bridgehead atoms. The Labute approximate surface area is 632 Å². The summed E-state index contributed by atoms with van der Waals surface area (Å²) in [6.07, 6.45) is 5.92. The Balaban J connectivity index is 0.000000334. The Hall–Kier alpha value is -8.73. The largest absolute Gasteiger partial charge is 0.481 e. The van der Waals surface area contributed by atoms with Gasteiger partial charge in [-0.2, -0.15) is 0 Å². The van der Waals surface area contributed by atoms with Crippen molar-refractivity contribution < 1.29 is 131 Å². The van der Waals surface area contributed by atoms with Crippen LogP contribution in [0.3, 0.4) is 0 Å². The second kappa shape index (κ2) is 37.8. The van der Waals surface area contributed by atoms with Gasteiger partial charge < -0.3 is 60.8 Å². The lowest BCUT2D eigenvalue weighted by atomic mass is 10.1. The zero-order valence-corrected chi connectivity index (χ0v) is 64.4. The van der Waals surface area contributed by atoms with E-state index in [2.05, 4.69) is 82.2 Å². The Morgan fingerprint density at radius 1 is 0.500 bits per heavy atom. The second-order valence-electron chi connectivity index (χ2n) is 26.5. The van der Waals surface area contributed by atoms with Crippen LogP contribution in [0.15, 0.2) is 67.5 Å². The van der Waals surface area contributed by atoms with Crippen LogP contribution in [0.2, 0.25) is 0 Å². The predicted molar refractivity (Wildman–Crippen MR) is 373 cm³/mol. The third-order valence-electron chi connectivity index (χ3n) is 15.2. The van der Waals surface area contributed by atoms with Gasteiger partial charge in [0.1, 0.15) is 45.5 Å². The van der Waals surface area contributed by atoms with Crippen LogP contribution in [0.4, 0.5) is 14.4 Å². The van der Waals surface area contributed by atoms with Crippen molar-refractivity contribution in [2.75, 3.05) is 26.2 Å². The number of ether oxygens (including phenoxy) is 3. The maximum absolute atomic E-state index is 12.2. The van der Waals surface area contributed by atoms with Gasteiger partial charge >= 0.3 is 54.1 Å². The van der Waals surface area contributed by atoms with E-state index in [1.807, 2.05) is 0 Å². The molecule has 10 atom stereocenters. The van der Waals surface area contributed by atoms with Crippen molar-refractivity contribution in [3.05, 3.63) is 67.5 Å². The molecule has 5 fully saturated rings. The first-order valence-corrected chi connectivity index (χ1v) is 34.6. The van der Waals surface area contributed by atoms with E-state index in [1.54, 1.807) is 62.3 Å². The van der Waals surface area contributed by atoms with Gasteiger partial charge in [0.25, 0.3) is 35.4 Å². The number of hydrogen-bond donors (Lipinski definition) is 8. The molecule has 4 saturated heterocycles. The zero-order chi connectivity index (χ0) is 79.9. The number of rotatable bonds is 13. The normalized spacial score (nSPS) is 24.3. The minimum Gasteiger partial charge on any atom is -0.481 e. The highest BCUT2D eigenvalue weighted by Crippen LogP contribution is 2.35. The fourth-order valence-corrected chi connectivity index (χ4v) is 12.3. The zero-order valence-electron chi connectivity index (χ0n) is 57.3. The summed E-state index contributed by atoms with van der Waals surface area (Å²) >= 11 is 16.4. The average Bonchev–Trinajstić information content (AvgIpc) is 1.64. The third-order valence-corrected chi connectivity index (χ3v) is 17.7. The monoisotopic (exact) mass is 1740 g/mol. The Morgan fingerprint density at radius 2 is 0.837 bits per heavy atom. The van der Waals surface area contributed by atoms with Crippen molar-refractivity contribution >= 4 is 182 Å². The summed E-state index contributed by atoms with van der Waals surface area (Å²) in [6, 6.07) is -6.75. The highest BCUT2D eigenvalue weighted by Gasteiger charge is 2.50. The molecule has 36 nitrogen and oxygen atoms in total. The predicted octanol–water partition coefficient (Wildman–Crippen LogP) is 4.13. The number of nitrogens with one attached hydrogen (secondary N) is 1. The number of carboxylic acid groups (broad SMARTS) is 6. The standard InChI is InChI=1S/C14H19BrN2O7.C14H17BrN2O6.C12H11BrN2O5.C10H10BrNO4.C10H18N2O4.C3H3ClO/c1-14(2,3)24-13(23)17-6-7(4-9(17)12(21)22)16-10(18)5-8(15)11(19)20;1-14(2,3)23-13(22)16-6-7(4-9(16)12(20)21)17-10(18)5-8(15)11(17)19;1-2-9(16)14-5-6(3-8(14)12(19)20)15-10(17)4-7(13)11(15)18;11-7-4-8(13)12(9(7)14)6-2-1-5(3-6)10(15)16;1-10(2,3)16-9(15)12-5-6(11)4-7(12)8(13)14;1-2-3(4)5/h5,7,9H,4,6H2,1-3H3,(H,16,18)(H,19,20)(H,21,22);5,7,9H,4,6H2,1-3H3,(H,20,21);2,4,6,8H,1,3,5H2,(H,19,20);4-6H,1-3H2,(H,15,16);6-7H,4-5,11H2,1-3H3,(H,13,14);2H,1H2/b8-5+;;;;;/t2*7-,9-;6-,8-;5-,6+;6-,7-;/m00000./s1. The number of likely N-dealkylation sites (tertiary alicyclic amines) is 4. The Kier molecular flexibility index (Phi) is 32.5. The molecule has 0 spiro atoms. The molecule has 1 aliphatic carbocycles. The number of aliphatic carboxylic acids is 6. The van der Waals surface area contributed by atoms with Crippen molar-refractivity contribution in [1.29, 1.82) is 0 Å². The first-order chi connectivity index (χ1) is 47.8. The van der Waals surface area contributed by atoms with Gasteiger partial charge in [-0.15, -0.1) is 0 Å². The number of halogens is 5. The maximum Gasteiger partial charge on any atom is 0.411 e. The van der Waals surface area contributed by atoms with Crippen molar-refractivity contribution in [1.82, 2.24) is 39.6 Å². The number of carbonyl (C=O) groups is 18. The van der Waals surface area contributed by atoms with Gasteiger partial charge in [-0.05, 0) is 175 Å². The molecule has 0 unspecified atom stereocenters. The fourth-order valence-electron chi connectivity index (χ4n) is 10.9. The van der Waals surface area contributed by atoms with E-state index < -0.39 is 160 Å². The molecule has 11 amide bonds. The van der Waals surface area contributed by atoms with Crippen LogP contribution in [0.5, 0.6) is 0 Å². The third kappa shape index (κ3) is 25.8. The number of amides is 11. The van der Waals surface area contributed by atoms with E-state index >= 15 is 0 Å². The minimum atomic E-state index is -1.31. The van der Waals surface area contributed by atoms with Gasteiger partial charge in [0.2, 0.25) is 17.1 Å². The van der Waals surface area contributed by atoms with Gasteiger partial charge in [0.05, 0.1) is 31.4 Å². The van der Waals surface area contributed by atoms with Crippen molar-refractivity contribution in [2.24, 2.45) is 11.7 Å². The topological polar surface area (TPSA) is 517 Å². The summed E-state index contributed by atoms with van der Waals surface area (Å²) in [5.74, 6) is -11.3. The number of carboxylic acids is 6. The summed E-state index contributed by atoms with van der Waals surface area (Å²) in [7, 11) is 0. The Morgan fingerprint density at radius 3 is 1.15 bits per heavy atom. The van der Waals surface area contributed by atoms with Crippen LogP contribution >= 0.6 is 75.3 Å². The van der Waals surface area contributed by atoms with Crippen LogP contribution in [0.25, 0.3) is 0 Å². The molecular formula is C63H78Br4ClN9O27. The molecule has 0 aromatic carbocycles. The van der Waals surface area contributed by atoms with Crippen molar-refractivity contribution in [2.45, 2.75) is 178 Å². The molecule has 7 aliphatic heterocycles. The van der Waals surface area contributed by atoms with Crippen LogP contribution in [-0.4, -0.2) is 269 Å². The molecule has 0 aromatic heterocycles. The lowest BCUT2D eigenvalue weighted by Gasteiger charge is -2.27. The van der Waals surface area contributed by atoms with E-state index in [9.17, 15) is 96.5 Å². The average molecular weight is 1750 g/mol. The van der Waals surface area contributed by atoms with Crippen molar-refractivity contribution in [3.63, 3.8) is 0 Å². The molecule has 1 saturated carbocycles. The van der Waals surface area contributed by atoms with Crippen LogP contribution in [-0.2, 0) is 86.1 Å². The molecule has 8 rings (SSSR count). The van der Waals surface area contributed by atoms with Gasteiger partial charge in [0.15, 0.2) is 0 Å². The molecule has 7 heterocycles. The number of nitrogens with zero attached hydrogens (tertiary/aromatic N) is 7. The summed E-state index contributed by atoms with van der Waals surface area (Å²) in [5, 5.41) is 56.1. The molecule has 572 valence electrons. The summed E-state index contributed by atoms with van der Waals surface area (Å²) < 4.78 is 15.6. The fraction of sp³-hybridized carbons (Fsp3) is 0.524. The van der Waals surface area contributed by atoms with E-state index in [4.69, 9.17) is 52.0 Å². The number of imide groups is 3. The SMILES string of the molecule is C=CC(=O)Cl.C=CC(=O)N1C[C@@H](N2C(=O)C=C(Br)C2=O)C[C@H]1C(=O)O.CC(C)(C)OC(=O)N1C[C@@H](N)C[C@H]1C(=O)O.CC(C)(C)OC(=O)N1C[C@@H](N2C(=O)C=C(Br)C2=O)C[C@H]1C(=O)O.CC(C)(C)OC(=O)N1C[C@@H](NC(=O)/C=C(/Br)C(=O)O)C[C@H]1C(=O)O.O=C(O)[C@H]1CC[C@@H](N2C(=O)C=C(Br)C2=O)C1. The number of allylic oxidation sites excluding steroid dienone is 1. The smallest absolute Gasteiger partial charge is 0.411 e. The van der Waals surface area contributed by atoms with E-state index in [-0.39, 0.29) is 93.7 Å². The summed E-state index contributed by atoms with van der Waals surface area (Å²) in [4.78, 5) is 213. The highest BCUT2D eigenvalue weighted by molar-refractivity contribution is 9.12. The quantitative estimate of drug-likeness (QED) is 0.0556. The number of hydrogen-bond acceptors (Lipinski definition) is 22. The van der Waals surface area contributed by atoms with Gasteiger partial charge in [-0.1, -0.05) is 13.2 Å². The molecule has 9 N–H and O–H groups in total. The number of carbonyl (C=O) groups excluding carboxylic acids is 12. The second-order valence-corrected chi connectivity index (χ2v) is 30.3. The molecular weight excluding hydrogens is 1670 g/mol. The highest BCUT2D eigenvalue weighted by atomic mass is 79.9. The van der Waals surface area contributed by atoms with E-state index in [1.165, 1.54) is 11.0 Å². The molecule has 41 heteroatoms. The molecule has 0 aromatic rings. The number of nitrogens with two attached hydrogens (primary N) is 1. The Bertz CT molecular complexity index is 3640. The summed E-state index contributed by atoms with van der Waals surface area (Å²) in [5.41, 5.74) is 3.45. The van der Waals surface area contributed by atoms with Gasteiger partial charge in [-0.25, -0.2) is 38.4 Å². The van der Waals surface area contributed by atoms with Crippen LogP contribution < -0.4 is 11.1 Å². The minimum absolute atomic E-state index is 0.00114. The molecule has 104 heavy (non-hydrogen) atoms. The lowest BCUT2D eigenvalue weighted by molar-refractivity contribution is -0.146. The summed E-state index contributed by atoms with van der Waals surface area (Å²) in [6.45, 7) is 21.7. The molecule has 0 radical (unpaired) electrons. The van der Waals surface area contributed by atoms with E-state index in [0.29, 0.717) is 19.3 Å².